The van der Waals surface area contributed by atoms with Crippen molar-refractivity contribution < 1.29 is 18.7 Å². The van der Waals surface area contributed by atoms with Crippen LogP contribution in [-0.4, -0.2) is 61.3 Å². The third kappa shape index (κ3) is 5.47. The maximum atomic E-state index is 13.8. The van der Waals surface area contributed by atoms with Crippen LogP contribution in [-0.2, 0) is 0 Å². The van der Waals surface area contributed by atoms with Gasteiger partial charge in [-0.25, -0.2) is 9.18 Å². The second-order valence-electron chi connectivity index (χ2n) is 8.16. The van der Waals surface area contributed by atoms with Crippen LogP contribution in [0.5, 0.6) is 11.5 Å². The van der Waals surface area contributed by atoms with Gasteiger partial charge >= 0.3 is 6.03 Å². The quantitative estimate of drug-likeness (QED) is 0.770. The molecule has 2 heterocycles. The van der Waals surface area contributed by atoms with Crippen LogP contribution in [0.4, 0.5) is 14.9 Å². The van der Waals surface area contributed by atoms with Crippen molar-refractivity contribution in [2.75, 3.05) is 38.6 Å². The fourth-order valence-electron chi connectivity index (χ4n) is 4.42. The Labute approximate surface area is 182 Å². The van der Waals surface area contributed by atoms with Crippen molar-refractivity contribution in [2.24, 2.45) is 0 Å². The number of anilines is 1. The minimum absolute atomic E-state index is 0.0573. The number of ether oxygens (including phenoxy) is 2. The first-order valence-corrected chi connectivity index (χ1v) is 11.0. The zero-order chi connectivity index (χ0) is 21.6. The number of carbonyl (C=O) groups excluding carboxylic acids is 1. The molecule has 0 unspecified atom stereocenters. The van der Waals surface area contributed by atoms with Gasteiger partial charge in [0.05, 0.1) is 7.11 Å². The van der Waals surface area contributed by atoms with Crippen LogP contribution in [0.3, 0.4) is 0 Å². The SMILES string of the molecule is COc1cccc(NC(=O)N2CCC(N3CCC(Oc4ccccc4F)CC3)CC2)c1. The van der Waals surface area contributed by atoms with Gasteiger partial charge in [-0.2, -0.15) is 0 Å². The zero-order valence-corrected chi connectivity index (χ0v) is 17.9. The predicted molar refractivity (Wildman–Crippen MR) is 118 cm³/mol. The average molecular weight is 428 g/mol. The number of hydrogen-bond acceptors (Lipinski definition) is 4. The number of rotatable bonds is 5. The van der Waals surface area contributed by atoms with Gasteiger partial charge in [-0.1, -0.05) is 18.2 Å². The molecular formula is C24H30FN3O3. The summed E-state index contributed by atoms with van der Waals surface area (Å²) >= 11 is 0. The van der Waals surface area contributed by atoms with Gasteiger partial charge in [-0.15, -0.1) is 0 Å². The van der Waals surface area contributed by atoms with E-state index in [9.17, 15) is 9.18 Å². The Morgan fingerprint density at radius 2 is 1.74 bits per heavy atom. The van der Waals surface area contributed by atoms with Gasteiger partial charge in [0.15, 0.2) is 11.6 Å². The Bertz CT molecular complexity index is 878. The third-order valence-electron chi connectivity index (χ3n) is 6.20. The minimum atomic E-state index is -0.301. The van der Waals surface area contributed by atoms with Crippen molar-refractivity contribution in [3.63, 3.8) is 0 Å². The molecule has 2 aliphatic rings. The van der Waals surface area contributed by atoms with Crippen molar-refractivity contribution in [3.8, 4) is 11.5 Å². The lowest BCUT2D eigenvalue weighted by atomic mass is 9.99. The Kier molecular flexibility index (Phi) is 6.92. The molecule has 1 N–H and O–H groups in total. The molecule has 7 heteroatoms. The lowest BCUT2D eigenvalue weighted by Gasteiger charge is -2.41. The highest BCUT2D eigenvalue weighted by molar-refractivity contribution is 5.89. The summed E-state index contributed by atoms with van der Waals surface area (Å²) in [5.74, 6) is 0.764. The first-order chi connectivity index (χ1) is 15.1. The van der Waals surface area contributed by atoms with Gasteiger partial charge in [0, 0.05) is 44.0 Å². The molecule has 0 saturated carbocycles. The van der Waals surface area contributed by atoms with E-state index in [1.807, 2.05) is 29.2 Å². The molecule has 2 fully saturated rings. The summed E-state index contributed by atoms with van der Waals surface area (Å²) in [7, 11) is 1.61. The molecule has 0 atom stereocenters. The minimum Gasteiger partial charge on any atom is -0.497 e. The number of nitrogens with zero attached hydrogens (tertiary/aromatic N) is 2. The number of carbonyl (C=O) groups is 1. The highest BCUT2D eigenvalue weighted by Crippen LogP contribution is 2.25. The van der Waals surface area contributed by atoms with Crippen LogP contribution in [0.1, 0.15) is 25.7 Å². The summed E-state index contributed by atoms with van der Waals surface area (Å²) in [6, 6.07) is 14.4. The Balaban J connectivity index is 1.21. The zero-order valence-electron chi connectivity index (χ0n) is 17.9. The van der Waals surface area contributed by atoms with E-state index < -0.39 is 0 Å². The van der Waals surface area contributed by atoms with Crippen LogP contribution < -0.4 is 14.8 Å². The number of hydrogen-bond donors (Lipinski definition) is 1. The van der Waals surface area contributed by atoms with E-state index in [1.54, 1.807) is 25.3 Å². The standard InChI is InChI=1S/C24H30FN3O3/c1-30-21-6-4-5-18(17-21)26-24(29)28-13-9-19(10-14-28)27-15-11-20(12-16-27)31-23-8-3-2-7-22(23)25/h2-8,17,19-20H,9-16H2,1H3,(H,26,29). The first kappa shape index (κ1) is 21.4. The van der Waals surface area contributed by atoms with Gasteiger partial charge < -0.3 is 19.7 Å². The Morgan fingerprint density at radius 3 is 2.45 bits per heavy atom. The number of likely N-dealkylation sites (tertiary alicyclic amines) is 2. The lowest BCUT2D eigenvalue weighted by molar-refractivity contribution is 0.0529. The maximum Gasteiger partial charge on any atom is 0.321 e. The van der Waals surface area contributed by atoms with E-state index in [1.165, 1.54) is 6.07 Å². The average Bonchev–Trinajstić information content (AvgIpc) is 2.81. The molecule has 0 aliphatic carbocycles. The number of amides is 2. The third-order valence-corrected chi connectivity index (χ3v) is 6.20. The second kappa shape index (κ2) is 10.0. The molecule has 2 aliphatic heterocycles. The molecule has 4 rings (SSSR count). The summed E-state index contributed by atoms with van der Waals surface area (Å²) in [4.78, 5) is 17.0. The summed E-state index contributed by atoms with van der Waals surface area (Å²) in [5, 5.41) is 2.96. The first-order valence-electron chi connectivity index (χ1n) is 11.0. The molecule has 6 nitrogen and oxygen atoms in total. The highest BCUT2D eigenvalue weighted by atomic mass is 19.1. The lowest BCUT2D eigenvalue weighted by Crippen LogP contribution is -2.50. The normalized spacial score (nSPS) is 18.6. The molecule has 0 radical (unpaired) electrons. The molecular weight excluding hydrogens is 397 g/mol. The van der Waals surface area contributed by atoms with Crippen molar-refractivity contribution >= 4 is 11.7 Å². The van der Waals surface area contributed by atoms with Crippen LogP contribution in [0.2, 0.25) is 0 Å². The van der Waals surface area contributed by atoms with Crippen molar-refractivity contribution in [2.45, 2.75) is 37.8 Å². The van der Waals surface area contributed by atoms with E-state index in [2.05, 4.69) is 10.2 Å². The van der Waals surface area contributed by atoms with Gasteiger partial charge in [0.2, 0.25) is 0 Å². The summed E-state index contributed by atoms with van der Waals surface area (Å²) in [6.45, 7) is 3.37. The van der Waals surface area contributed by atoms with Gasteiger partial charge in [-0.3, -0.25) is 4.90 Å². The number of halogens is 1. The molecule has 166 valence electrons. The van der Waals surface area contributed by atoms with Crippen molar-refractivity contribution in [1.82, 2.24) is 9.80 Å². The number of piperidine rings is 2. The molecule has 2 aromatic rings. The topological polar surface area (TPSA) is 54.0 Å². The molecule has 31 heavy (non-hydrogen) atoms. The number of benzene rings is 2. The fourth-order valence-corrected chi connectivity index (χ4v) is 4.42. The summed E-state index contributed by atoms with van der Waals surface area (Å²) in [5.41, 5.74) is 0.739. The van der Waals surface area contributed by atoms with Crippen LogP contribution in [0, 0.1) is 5.82 Å². The summed E-state index contributed by atoms with van der Waals surface area (Å²) < 4.78 is 24.9. The molecule has 2 aromatic carbocycles. The van der Waals surface area contributed by atoms with E-state index >= 15 is 0 Å². The van der Waals surface area contributed by atoms with Crippen LogP contribution >= 0.6 is 0 Å². The predicted octanol–water partition coefficient (Wildman–Crippen LogP) is 4.37. The number of methoxy groups -OCH3 is 1. The fraction of sp³-hybridized carbons (Fsp3) is 0.458. The molecule has 0 aromatic heterocycles. The van der Waals surface area contributed by atoms with Crippen molar-refractivity contribution in [3.05, 3.63) is 54.3 Å². The summed E-state index contributed by atoms with van der Waals surface area (Å²) in [6.07, 6.45) is 3.77. The Hall–Kier alpha value is -2.80. The van der Waals surface area contributed by atoms with E-state index in [0.717, 1.165) is 63.3 Å². The molecule has 2 saturated heterocycles. The monoisotopic (exact) mass is 427 g/mol. The second-order valence-corrected chi connectivity index (χ2v) is 8.16. The van der Waals surface area contributed by atoms with Gasteiger partial charge in [0.1, 0.15) is 11.9 Å². The van der Waals surface area contributed by atoms with E-state index in [4.69, 9.17) is 9.47 Å². The maximum absolute atomic E-state index is 13.8. The van der Waals surface area contributed by atoms with Gasteiger partial charge in [0.25, 0.3) is 0 Å². The molecule has 2 amide bonds. The van der Waals surface area contributed by atoms with E-state index in [-0.39, 0.29) is 18.0 Å². The number of para-hydroxylation sites is 1. The van der Waals surface area contributed by atoms with Crippen molar-refractivity contribution in [1.29, 1.82) is 0 Å². The largest absolute Gasteiger partial charge is 0.497 e. The van der Waals surface area contributed by atoms with Crippen LogP contribution in [0.25, 0.3) is 0 Å². The molecule has 0 spiro atoms. The van der Waals surface area contributed by atoms with Crippen LogP contribution in [0.15, 0.2) is 48.5 Å². The highest BCUT2D eigenvalue weighted by Gasteiger charge is 2.30. The smallest absolute Gasteiger partial charge is 0.321 e. The Morgan fingerprint density at radius 1 is 1.00 bits per heavy atom. The number of urea groups is 1. The van der Waals surface area contributed by atoms with E-state index in [0.29, 0.717) is 11.8 Å². The number of nitrogens with one attached hydrogen (secondary N) is 1. The molecule has 0 bridgehead atoms. The van der Waals surface area contributed by atoms with Gasteiger partial charge in [-0.05, 0) is 49.9 Å².